The van der Waals surface area contributed by atoms with Gasteiger partial charge >= 0.3 is 5.97 Å². The fourth-order valence-electron chi connectivity index (χ4n) is 8.72. The number of carbonyl (C=O) groups excluding carboxylic acids is 1. The first-order chi connectivity index (χ1) is 15.2. The van der Waals surface area contributed by atoms with Crippen LogP contribution in [-0.2, 0) is 4.74 Å². The fourth-order valence-corrected chi connectivity index (χ4v) is 8.72. The predicted molar refractivity (Wildman–Crippen MR) is 123 cm³/mol. The maximum atomic E-state index is 12.6. The monoisotopic (exact) mass is 437 g/mol. The number of nitrogens with zero attached hydrogens (tertiary/aromatic N) is 1. The van der Waals surface area contributed by atoms with Crippen molar-refractivity contribution < 1.29 is 14.5 Å². The van der Waals surface area contributed by atoms with E-state index < -0.39 is 10.9 Å². The van der Waals surface area contributed by atoms with Crippen molar-refractivity contribution in [1.82, 2.24) is 0 Å². The van der Waals surface area contributed by atoms with Crippen molar-refractivity contribution in [2.24, 2.45) is 46.3 Å². The molecule has 5 nitrogen and oxygen atoms in total. The quantitative estimate of drug-likeness (QED) is 0.230. The molecule has 172 valence electrons. The summed E-state index contributed by atoms with van der Waals surface area (Å²) >= 11 is 0. The second kappa shape index (κ2) is 7.43. The molecule has 3 saturated carbocycles. The van der Waals surface area contributed by atoms with Crippen LogP contribution in [0.5, 0.6) is 0 Å². The number of hydrogen-bond donors (Lipinski definition) is 0. The molecular formula is C27H35NO4. The van der Waals surface area contributed by atoms with Crippen LogP contribution in [0.1, 0.15) is 70.2 Å². The highest BCUT2D eigenvalue weighted by molar-refractivity contribution is 5.89. The SMILES string of the molecule is CC(C)[C@H]1CC[C@@H](C)[C@@H]2CC[C@@H](C)[C@@H]3[C@]14C=C(COC(=O)c1ccc([N+](=O)[O-])cc1)C[C@]324. The van der Waals surface area contributed by atoms with Crippen molar-refractivity contribution in [2.75, 3.05) is 6.61 Å². The molecule has 0 heterocycles. The highest BCUT2D eigenvalue weighted by atomic mass is 16.6. The lowest BCUT2D eigenvalue weighted by atomic mass is 9.67. The first-order valence-electron chi connectivity index (χ1n) is 12.3. The summed E-state index contributed by atoms with van der Waals surface area (Å²) in [7, 11) is 0. The van der Waals surface area contributed by atoms with Gasteiger partial charge in [0.2, 0.25) is 0 Å². The zero-order valence-electron chi connectivity index (χ0n) is 19.7. The normalized spacial score (nSPS) is 39.5. The third-order valence-electron chi connectivity index (χ3n) is 9.66. The lowest BCUT2D eigenvalue weighted by molar-refractivity contribution is -0.384. The van der Waals surface area contributed by atoms with Gasteiger partial charge in [-0.25, -0.2) is 4.79 Å². The molecule has 4 aliphatic carbocycles. The molecule has 0 radical (unpaired) electrons. The number of nitro groups is 1. The molecule has 0 N–H and O–H groups in total. The van der Waals surface area contributed by atoms with Gasteiger partial charge in [0, 0.05) is 17.5 Å². The summed E-state index contributed by atoms with van der Waals surface area (Å²) in [5.41, 5.74) is 2.30. The number of esters is 1. The van der Waals surface area contributed by atoms with E-state index >= 15 is 0 Å². The van der Waals surface area contributed by atoms with Crippen LogP contribution >= 0.6 is 0 Å². The van der Waals surface area contributed by atoms with Crippen LogP contribution < -0.4 is 0 Å². The maximum Gasteiger partial charge on any atom is 0.338 e. The highest BCUT2D eigenvalue weighted by Crippen LogP contribution is 2.88. The topological polar surface area (TPSA) is 69.4 Å². The average Bonchev–Trinajstić information content (AvgIpc) is 3.23. The third-order valence-corrected chi connectivity index (χ3v) is 9.66. The second-order valence-electron chi connectivity index (χ2n) is 11.4. The van der Waals surface area contributed by atoms with E-state index in [0.717, 1.165) is 30.1 Å². The first-order valence-corrected chi connectivity index (χ1v) is 12.3. The van der Waals surface area contributed by atoms with Gasteiger partial charge in [0.25, 0.3) is 5.69 Å². The molecule has 0 aliphatic heterocycles. The van der Waals surface area contributed by atoms with E-state index in [-0.39, 0.29) is 5.69 Å². The van der Waals surface area contributed by atoms with Gasteiger partial charge in [-0.3, -0.25) is 10.1 Å². The molecule has 0 unspecified atom stereocenters. The lowest BCUT2D eigenvalue weighted by Crippen LogP contribution is -2.31. The van der Waals surface area contributed by atoms with E-state index in [1.54, 1.807) is 0 Å². The molecular weight excluding hydrogens is 402 g/mol. The Balaban J connectivity index is 1.38. The Bertz CT molecular complexity index is 962. The summed E-state index contributed by atoms with van der Waals surface area (Å²) < 4.78 is 5.71. The summed E-state index contributed by atoms with van der Waals surface area (Å²) in [5, 5.41) is 10.8. The number of hydrogen-bond acceptors (Lipinski definition) is 4. The van der Waals surface area contributed by atoms with E-state index in [2.05, 4.69) is 33.8 Å². The van der Waals surface area contributed by atoms with Crippen molar-refractivity contribution in [2.45, 2.75) is 59.8 Å². The number of carbonyl (C=O) groups is 1. The first kappa shape index (κ1) is 21.7. The number of rotatable bonds is 5. The Labute approximate surface area is 190 Å². The van der Waals surface area contributed by atoms with Crippen molar-refractivity contribution in [3.8, 4) is 0 Å². The number of non-ortho nitro benzene ring substituents is 1. The lowest BCUT2D eigenvalue weighted by Gasteiger charge is -2.38. The van der Waals surface area contributed by atoms with Crippen molar-refractivity contribution >= 4 is 11.7 Å². The molecule has 5 rings (SSSR count). The van der Waals surface area contributed by atoms with Gasteiger partial charge < -0.3 is 4.74 Å². The summed E-state index contributed by atoms with van der Waals surface area (Å²) in [4.78, 5) is 23.0. The van der Waals surface area contributed by atoms with Gasteiger partial charge in [0.1, 0.15) is 6.61 Å². The van der Waals surface area contributed by atoms with E-state index in [1.165, 1.54) is 55.5 Å². The minimum Gasteiger partial charge on any atom is -0.458 e. The molecule has 7 atom stereocenters. The van der Waals surface area contributed by atoms with Crippen molar-refractivity contribution in [1.29, 1.82) is 0 Å². The Kier molecular flexibility index (Phi) is 5.03. The van der Waals surface area contributed by atoms with E-state index in [9.17, 15) is 14.9 Å². The minimum atomic E-state index is -0.461. The molecule has 4 aliphatic rings. The van der Waals surface area contributed by atoms with Crippen molar-refractivity contribution in [3.63, 3.8) is 0 Å². The third kappa shape index (κ3) is 2.85. The van der Waals surface area contributed by atoms with Crippen LogP contribution in [0.3, 0.4) is 0 Å². The predicted octanol–water partition coefficient (Wildman–Crippen LogP) is 6.43. The standard InChI is InChI=1S/C27H35NO4/c1-16(2)22-11-5-17(3)23-12-6-18(4)24-26(22)13-19(14-27(23,24)26)15-32-25(29)20-7-9-21(10-8-20)28(30)31/h7-10,13,16-18,22-24H,5-6,11-12,14-15H2,1-4H3/t17-,18-,22-,23+,24-,26+,27-/m1/s1. The smallest absolute Gasteiger partial charge is 0.338 e. The Morgan fingerprint density at radius 2 is 1.81 bits per heavy atom. The molecule has 1 spiro atoms. The molecule has 3 fully saturated rings. The fraction of sp³-hybridized carbons (Fsp3) is 0.667. The van der Waals surface area contributed by atoms with E-state index in [0.29, 0.717) is 34.8 Å². The number of benzene rings is 1. The molecule has 0 bridgehead atoms. The van der Waals surface area contributed by atoms with Crippen LogP contribution in [-0.4, -0.2) is 17.5 Å². The summed E-state index contributed by atoms with van der Waals surface area (Å²) in [6.45, 7) is 10.1. The van der Waals surface area contributed by atoms with Crippen LogP contribution in [0.4, 0.5) is 5.69 Å². The zero-order chi connectivity index (χ0) is 22.8. The Morgan fingerprint density at radius 3 is 2.47 bits per heavy atom. The van der Waals surface area contributed by atoms with Gasteiger partial charge in [-0.2, -0.15) is 0 Å². The maximum absolute atomic E-state index is 12.6. The van der Waals surface area contributed by atoms with Gasteiger partial charge in [-0.1, -0.05) is 46.6 Å². The Hall–Kier alpha value is -2.17. The molecule has 1 aromatic carbocycles. The minimum absolute atomic E-state index is 0.0204. The van der Waals surface area contributed by atoms with Crippen LogP contribution in [0, 0.1) is 56.5 Å². The molecule has 0 aromatic heterocycles. The summed E-state index contributed by atoms with van der Waals surface area (Å²) in [6.07, 6.45) is 9.00. The van der Waals surface area contributed by atoms with Gasteiger partial charge in [-0.05, 0) is 77.9 Å². The molecule has 1 aromatic rings. The van der Waals surface area contributed by atoms with Crippen LogP contribution in [0.15, 0.2) is 35.9 Å². The van der Waals surface area contributed by atoms with Crippen LogP contribution in [0.2, 0.25) is 0 Å². The van der Waals surface area contributed by atoms with E-state index in [4.69, 9.17) is 4.74 Å². The van der Waals surface area contributed by atoms with Crippen molar-refractivity contribution in [3.05, 3.63) is 51.6 Å². The number of ether oxygens (including phenoxy) is 1. The van der Waals surface area contributed by atoms with E-state index in [1.807, 2.05) is 0 Å². The molecule has 0 saturated heterocycles. The van der Waals surface area contributed by atoms with Gasteiger partial charge in [-0.15, -0.1) is 0 Å². The number of nitro benzene ring substituents is 1. The number of allylic oxidation sites excluding steroid dienone is 1. The second-order valence-corrected chi connectivity index (χ2v) is 11.4. The zero-order valence-corrected chi connectivity index (χ0v) is 19.7. The average molecular weight is 438 g/mol. The molecule has 32 heavy (non-hydrogen) atoms. The summed E-state index contributed by atoms with van der Waals surface area (Å²) in [6, 6.07) is 5.66. The highest BCUT2D eigenvalue weighted by Gasteiger charge is 2.84. The molecule has 5 heteroatoms. The largest absolute Gasteiger partial charge is 0.458 e. The van der Waals surface area contributed by atoms with Crippen LogP contribution in [0.25, 0.3) is 0 Å². The summed E-state index contributed by atoms with van der Waals surface area (Å²) in [5.74, 6) is 4.09. The van der Waals surface area contributed by atoms with Gasteiger partial charge in [0.15, 0.2) is 0 Å². The Morgan fingerprint density at radius 1 is 1.12 bits per heavy atom. The van der Waals surface area contributed by atoms with Gasteiger partial charge in [0.05, 0.1) is 10.5 Å². The molecule has 0 amide bonds.